The van der Waals surface area contributed by atoms with Gasteiger partial charge in [0, 0.05) is 32.6 Å². The van der Waals surface area contributed by atoms with Crippen LogP contribution < -0.4 is 5.32 Å². The molecule has 34 heavy (non-hydrogen) atoms. The molecule has 3 N–H and O–H groups in total. The van der Waals surface area contributed by atoms with Crippen molar-refractivity contribution < 1.29 is 23.4 Å². The standard InChI is InChI=1S/C27H41F3N2O2/c1-17(15-32-12-11-31-25(16-32)27(28,29)30)22-8-9-23-19(5-4-10-26(22,23)3)6-7-20-13-21(33)14-24(34)18(20)2/h6-7,17,21-25,31,33-34H,2,4-5,8-16H2,1,3H3/t17-,21-,22-,23+,24+,25?,26-/m1/s1. The molecule has 1 saturated heterocycles. The Labute approximate surface area is 202 Å². The van der Waals surface area contributed by atoms with Gasteiger partial charge in [-0.15, -0.1) is 0 Å². The quantitative estimate of drug-likeness (QED) is 0.548. The predicted octanol–water partition coefficient (Wildman–Crippen LogP) is 4.60. The maximum Gasteiger partial charge on any atom is 0.405 e. The lowest BCUT2D eigenvalue weighted by Crippen LogP contribution is -2.57. The minimum atomic E-state index is -4.19. The van der Waals surface area contributed by atoms with Crippen LogP contribution in [0.25, 0.3) is 0 Å². The SMILES string of the molecule is C=C1C(=CC=C2CCC[C@]3(C)[C@@H]([C@H](C)CN4CCNC(C(F)(F)F)C4)CC[C@@H]23)C[C@@H](O)C[C@@H]1O. The molecule has 4 aliphatic rings. The number of hydrogen-bond acceptors (Lipinski definition) is 4. The fourth-order valence-corrected chi connectivity index (χ4v) is 7.41. The van der Waals surface area contributed by atoms with Gasteiger partial charge in [0.05, 0.1) is 12.2 Å². The van der Waals surface area contributed by atoms with Crippen LogP contribution in [0.2, 0.25) is 0 Å². The Morgan fingerprint density at radius 1 is 1.26 bits per heavy atom. The van der Waals surface area contributed by atoms with Crippen molar-refractivity contribution in [1.82, 2.24) is 10.2 Å². The molecule has 0 bridgehead atoms. The van der Waals surface area contributed by atoms with Gasteiger partial charge in [-0.25, -0.2) is 0 Å². The topological polar surface area (TPSA) is 55.7 Å². The van der Waals surface area contributed by atoms with Gasteiger partial charge >= 0.3 is 6.18 Å². The average Bonchev–Trinajstić information content (AvgIpc) is 3.12. The summed E-state index contributed by atoms with van der Waals surface area (Å²) >= 11 is 0. The summed E-state index contributed by atoms with van der Waals surface area (Å²) in [6.07, 6.45) is 5.35. The number of aliphatic hydroxyl groups is 2. The smallest absolute Gasteiger partial charge is 0.393 e. The Bertz CT molecular complexity index is 823. The van der Waals surface area contributed by atoms with E-state index in [-0.39, 0.29) is 12.0 Å². The van der Waals surface area contributed by atoms with E-state index in [4.69, 9.17) is 0 Å². The van der Waals surface area contributed by atoms with Gasteiger partial charge in [-0.1, -0.05) is 38.2 Å². The molecular weight excluding hydrogens is 441 g/mol. The van der Waals surface area contributed by atoms with Crippen molar-refractivity contribution in [2.45, 2.75) is 83.2 Å². The molecule has 4 fully saturated rings. The average molecular weight is 483 g/mol. The van der Waals surface area contributed by atoms with E-state index in [1.807, 2.05) is 4.90 Å². The molecule has 7 heteroatoms. The second kappa shape index (κ2) is 10.1. The van der Waals surface area contributed by atoms with E-state index in [2.05, 4.69) is 37.9 Å². The zero-order valence-corrected chi connectivity index (χ0v) is 20.6. The van der Waals surface area contributed by atoms with E-state index in [0.717, 1.165) is 44.2 Å². The molecule has 1 aliphatic heterocycles. The molecule has 0 spiro atoms. The van der Waals surface area contributed by atoms with E-state index < -0.39 is 24.4 Å². The number of allylic oxidation sites excluding steroid dienone is 3. The number of alkyl halides is 3. The van der Waals surface area contributed by atoms with Crippen LogP contribution in [0.1, 0.15) is 58.8 Å². The molecular formula is C27H41F3N2O2. The van der Waals surface area contributed by atoms with Gasteiger partial charge < -0.3 is 15.5 Å². The highest BCUT2D eigenvalue weighted by Gasteiger charge is 2.51. The summed E-state index contributed by atoms with van der Waals surface area (Å²) in [5.74, 6) is 1.34. The van der Waals surface area contributed by atoms with Crippen LogP contribution >= 0.6 is 0 Å². The van der Waals surface area contributed by atoms with Gasteiger partial charge in [-0.2, -0.15) is 13.2 Å². The van der Waals surface area contributed by atoms with Gasteiger partial charge in [0.1, 0.15) is 6.04 Å². The lowest BCUT2D eigenvalue weighted by molar-refractivity contribution is -0.165. The Kier molecular flexibility index (Phi) is 7.68. The third kappa shape index (κ3) is 5.32. The highest BCUT2D eigenvalue weighted by Crippen LogP contribution is 2.59. The molecule has 4 rings (SSSR count). The van der Waals surface area contributed by atoms with Crippen LogP contribution in [-0.2, 0) is 0 Å². The summed E-state index contributed by atoms with van der Waals surface area (Å²) in [4.78, 5) is 2.01. The first-order valence-electron chi connectivity index (χ1n) is 13.0. The number of piperazine rings is 1. The van der Waals surface area contributed by atoms with E-state index in [1.54, 1.807) is 0 Å². The van der Waals surface area contributed by atoms with Crippen LogP contribution in [0, 0.1) is 23.2 Å². The summed E-state index contributed by atoms with van der Waals surface area (Å²) in [6, 6.07) is -1.43. The van der Waals surface area contributed by atoms with Crippen molar-refractivity contribution in [3.8, 4) is 0 Å². The number of nitrogens with zero attached hydrogens (tertiary/aromatic N) is 1. The van der Waals surface area contributed by atoms with E-state index in [1.165, 1.54) is 5.57 Å². The van der Waals surface area contributed by atoms with Gasteiger partial charge in [-0.3, -0.25) is 4.90 Å². The van der Waals surface area contributed by atoms with Crippen LogP contribution in [0.5, 0.6) is 0 Å². The molecule has 0 aromatic rings. The van der Waals surface area contributed by atoms with Gasteiger partial charge in [0.2, 0.25) is 0 Å². The summed E-state index contributed by atoms with van der Waals surface area (Å²) in [7, 11) is 0. The Morgan fingerprint density at radius 3 is 2.76 bits per heavy atom. The zero-order chi connectivity index (χ0) is 24.7. The van der Waals surface area contributed by atoms with Crippen molar-refractivity contribution >= 4 is 0 Å². The molecule has 192 valence electrons. The first-order valence-corrected chi connectivity index (χ1v) is 13.0. The van der Waals surface area contributed by atoms with Crippen LogP contribution in [0.4, 0.5) is 13.2 Å². The van der Waals surface area contributed by atoms with Crippen molar-refractivity contribution in [2.24, 2.45) is 23.2 Å². The normalized spacial score (nSPS) is 41.1. The van der Waals surface area contributed by atoms with Crippen molar-refractivity contribution in [3.63, 3.8) is 0 Å². The van der Waals surface area contributed by atoms with E-state index in [9.17, 15) is 23.4 Å². The van der Waals surface area contributed by atoms with Crippen molar-refractivity contribution in [1.29, 1.82) is 0 Å². The molecule has 3 saturated carbocycles. The first kappa shape index (κ1) is 25.9. The Balaban J connectivity index is 1.44. The molecule has 3 aliphatic carbocycles. The zero-order valence-electron chi connectivity index (χ0n) is 20.6. The predicted molar refractivity (Wildman–Crippen MR) is 128 cm³/mol. The molecule has 4 nitrogen and oxygen atoms in total. The first-order chi connectivity index (χ1) is 16.0. The van der Waals surface area contributed by atoms with Crippen molar-refractivity contribution in [3.05, 3.63) is 35.5 Å². The number of nitrogens with one attached hydrogen (secondary N) is 1. The molecule has 0 amide bonds. The third-order valence-electron chi connectivity index (χ3n) is 9.19. The second-order valence-electron chi connectivity index (χ2n) is 11.4. The maximum absolute atomic E-state index is 13.2. The van der Waals surface area contributed by atoms with Crippen LogP contribution in [0.3, 0.4) is 0 Å². The molecule has 7 atom stereocenters. The Morgan fingerprint density at radius 2 is 2.03 bits per heavy atom. The molecule has 0 aromatic heterocycles. The minimum Gasteiger partial charge on any atom is -0.393 e. The highest BCUT2D eigenvalue weighted by molar-refractivity contribution is 5.38. The van der Waals surface area contributed by atoms with Gasteiger partial charge in [-0.05, 0) is 72.8 Å². The molecule has 1 unspecified atom stereocenters. The largest absolute Gasteiger partial charge is 0.405 e. The fourth-order valence-electron chi connectivity index (χ4n) is 7.41. The number of aliphatic hydroxyl groups excluding tert-OH is 2. The Hall–Kier alpha value is -1.15. The maximum atomic E-state index is 13.2. The summed E-state index contributed by atoms with van der Waals surface area (Å²) < 4.78 is 39.7. The fraction of sp³-hybridized carbons (Fsp3) is 0.778. The second-order valence-corrected chi connectivity index (χ2v) is 11.4. The lowest BCUT2D eigenvalue weighted by Gasteiger charge is -2.45. The lowest BCUT2D eigenvalue weighted by atomic mass is 9.61. The molecule has 0 radical (unpaired) electrons. The summed E-state index contributed by atoms with van der Waals surface area (Å²) in [5.41, 5.74) is 3.26. The van der Waals surface area contributed by atoms with Crippen LogP contribution in [0.15, 0.2) is 35.5 Å². The van der Waals surface area contributed by atoms with Crippen molar-refractivity contribution in [2.75, 3.05) is 26.2 Å². The van der Waals surface area contributed by atoms with Gasteiger partial charge in [0.25, 0.3) is 0 Å². The van der Waals surface area contributed by atoms with Crippen LogP contribution in [-0.4, -0.2) is 65.7 Å². The van der Waals surface area contributed by atoms with E-state index >= 15 is 0 Å². The number of hydrogen-bond donors (Lipinski definition) is 3. The highest BCUT2D eigenvalue weighted by atomic mass is 19.4. The number of fused-ring (bicyclic) bond motifs is 1. The molecule has 1 heterocycles. The summed E-state index contributed by atoms with van der Waals surface area (Å²) in [5, 5.41) is 22.8. The monoisotopic (exact) mass is 482 g/mol. The minimum absolute atomic E-state index is 0.0427. The van der Waals surface area contributed by atoms with Gasteiger partial charge in [0.15, 0.2) is 0 Å². The number of halogens is 3. The summed E-state index contributed by atoms with van der Waals surface area (Å²) in [6.45, 7) is 10.5. The number of rotatable bonds is 4. The third-order valence-corrected chi connectivity index (χ3v) is 9.19. The van der Waals surface area contributed by atoms with E-state index in [0.29, 0.717) is 49.3 Å². The molecule has 0 aromatic carbocycles.